The predicted octanol–water partition coefficient (Wildman–Crippen LogP) is -0.189. The lowest BCUT2D eigenvalue weighted by atomic mass is 9.75. The summed E-state index contributed by atoms with van der Waals surface area (Å²) in [4.78, 5) is 4.64. The molecule has 20 heavy (non-hydrogen) atoms. The molecular formula is C14H25N3O2S. The molecule has 0 radical (unpaired) electrons. The van der Waals surface area contributed by atoms with Crippen LogP contribution in [0.3, 0.4) is 0 Å². The number of hydrogen-bond acceptors (Lipinski definition) is 4. The molecule has 2 bridgehead atoms. The molecule has 0 spiro atoms. The maximum Gasteiger partial charge on any atom is 0.208 e. The second-order valence-corrected chi connectivity index (χ2v) is 8.05. The van der Waals surface area contributed by atoms with Gasteiger partial charge in [-0.1, -0.05) is 5.92 Å². The summed E-state index contributed by atoms with van der Waals surface area (Å²) in [6, 6.07) is 0.359. The average Bonchev–Trinajstić information content (AvgIpc) is 2.37. The molecule has 1 unspecified atom stereocenters. The maximum atomic E-state index is 11.2. The van der Waals surface area contributed by atoms with Crippen molar-refractivity contribution in [3.63, 3.8) is 0 Å². The molecule has 0 amide bonds. The van der Waals surface area contributed by atoms with Gasteiger partial charge in [0.15, 0.2) is 0 Å². The average molecular weight is 299 g/mol. The third-order valence-electron chi connectivity index (χ3n) is 4.50. The summed E-state index contributed by atoms with van der Waals surface area (Å²) in [5.74, 6) is 4.05. The Morgan fingerprint density at radius 2 is 2.25 bits per heavy atom. The number of nitrogens with zero attached hydrogens (tertiary/aromatic N) is 2. The molecule has 1 N–H and O–H groups in total. The van der Waals surface area contributed by atoms with E-state index in [1.54, 1.807) is 0 Å². The highest BCUT2D eigenvalue weighted by Gasteiger charge is 2.40. The van der Waals surface area contributed by atoms with E-state index in [1.165, 1.54) is 12.7 Å². The first-order valence-corrected chi connectivity index (χ1v) is 9.09. The van der Waals surface area contributed by atoms with Gasteiger partial charge >= 0.3 is 0 Å². The van der Waals surface area contributed by atoms with Gasteiger partial charge in [-0.05, 0) is 38.3 Å². The van der Waals surface area contributed by atoms with Crippen molar-refractivity contribution in [2.24, 2.45) is 11.8 Å². The Balaban J connectivity index is 1.86. The van der Waals surface area contributed by atoms with Crippen LogP contribution in [0.2, 0.25) is 0 Å². The van der Waals surface area contributed by atoms with Crippen LogP contribution in [-0.2, 0) is 10.0 Å². The molecule has 3 aliphatic heterocycles. The van der Waals surface area contributed by atoms with Gasteiger partial charge in [-0.2, -0.15) is 0 Å². The highest BCUT2D eigenvalue weighted by atomic mass is 32.2. The van der Waals surface area contributed by atoms with Gasteiger partial charge in [-0.25, -0.2) is 13.1 Å². The van der Waals surface area contributed by atoms with Crippen LogP contribution in [0.1, 0.15) is 12.8 Å². The Hall–Kier alpha value is -0.610. The molecule has 0 aromatic carbocycles. The van der Waals surface area contributed by atoms with E-state index in [0.717, 1.165) is 26.1 Å². The largest absolute Gasteiger partial charge is 0.299 e. The first-order chi connectivity index (χ1) is 9.39. The van der Waals surface area contributed by atoms with Crippen molar-refractivity contribution in [1.29, 1.82) is 0 Å². The molecule has 0 aromatic heterocycles. The number of nitrogens with one attached hydrogen (secondary N) is 1. The minimum atomic E-state index is -3.09. The highest BCUT2D eigenvalue weighted by molar-refractivity contribution is 7.88. The van der Waals surface area contributed by atoms with Gasteiger partial charge < -0.3 is 0 Å². The first kappa shape index (κ1) is 15.8. The number of terminal acetylenes is 1. The van der Waals surface area contributed by atoms with Crippen LogP contribution < -0.4 is 4.72 Å². The summed E-state index contributed by atoms with van der Waals surface area (Å²) < 4.78 is 25.1. The normalized spacial score (nSPS) is 33.3. The van der Waals surface area contributed by atoms with E-state index >= 15 is 0 Å². The molecule has 5 nitrogen and oxygen atoms in total. The van der Waals surface area contributed by atoms with E-state index in [1.807, 2.05) is 0 Å². The summed E-state index contributed by atoms with van der Waals surface area (Å²) in [6.45, 7) is 4.44. The van der Waals surface area contributed by atoms with Gasteiger partial charge in [0.1, 0.15) is 0 Å². The van der Waals surface area contributed by atoms with Gasteiger partial charge in [0, 0.05) is 25.7 Å². The second kappa shape index (κ2) is 6.44. The van der Waals surface area contributed by atoms with Crippen molar-refractivity contribution in [3.05, 3.63) is 0 Å². The van der Waals surface area contributed by atoms with E-state index in [4.69, 9.17) is 6.42 Å². The topological polar surface area (TPSA) is 52.6 Å². The van der Waals surface area contributed by atoms with Crippen molar-refractivity contribution in [1.82, 2.24) is 14.5 Å². The fraction of sp³-hybridized carbons (Fsp3) is 0.857. The molecule has 3 fully saturated rings. The van der Waals surface area contributed by atoms with E-state index in [9.17, 15) is 8.42 Å². The minimum Gasteiger partial charge on any atom is -0.299 e. The van der Waals surface area contributed by atoms with Gasteiger partial charge in [-0.15, -0.1) is 6.42 Å². The zero-order chi connectivity index (χ0) is 14.8. The van der Waals surface area contributed by atoms with Crippen molar-refractivity contribution in [2.75, 3.05) is 46.0 Å². The SMILES string of the molecule is C#CCN(C)C[C@H]1CN2CC[C@H]1C[C@@H]2CNS(C)(=O)=O. The van der Waals surface area contributed by atoms with Crippen molar-refractivity contribution < 1.29 is 8.42 Å². The fourth-order valence-corrected chi connectivity index (χ4v) is 4.03. The summed E-state index contributed by atoms with van der Waals surface area (Å²) >= 11 is 0. The number of fused-ring (bicyclic) bond motifs is 3. The van der Waals surface area contributed by atoms with Gasteiger partial charge in [-0.3, -0.25) is 9.80 Å². The number of rotatable bonds is 6. The Morgan fingerprint density at radius 3 is 2.80 bits per heavy atom. The molecular weight excluding hydrogens is 274 g/mol. The molecule has 3 aliphatic rings. The lowest BCUT2D eigenvalue weighted by Crippen LogP contribution is -2.58. The summed E-state index contributed by atoms with van der Waals surface area (Å²) in [6.07, 6.45) is 8.89. The lowest BCUT2D eigenvalue weighted by Gasteiger charge is -2.50. The Morgan fingerprint density at radius 1 is 1.50 bits per heavy atom. The van der Waals surface area contributed by atoms with Crippen LogP contribution >= 0.6 is 0 Å². The minimum absolute atomic E-state index is 0.359. The third-order valence-corrected chi connectivity index (χ3v) is 5.19. The van der Waals surface area contributed by atoms with Crippen LogP contribution in [0.15, 0.2) is 0 Å². The first-order valence-electron chi connectivity index (χ1n) is 7.19. The van der Waals surface area contributed by atoms with E-state index < -0.39 is 10.0 Å². The number of sulfonamides is 1. The van der Waals surface area contributed by atoms with Crippen molar-refractivity contribution >= 4 is 10.0 Å². The Kier molecular flexibility index (Phi) is 5.08. The molecule has 6 heteroatoms. The van der Waals surface area contributed by atoms with E-state index in [2.05, 4.69) is 27.5 Å². The summed E-state index contributed by atoms with van der Waals surface area (Å²) in [7, 11) is -1.02. The predicted molar refractivity (Wildman–Crippen MR) is 80.8 cm³/mol. The monoisotopic (exact) mass is 299 g/mol. The second-order valence-electron chi connectivity index (χ2n) is 6.21. The van der Waals surface area contributed by atoms with Crippen molar-refractivity contribution in [3.8, 4) is 12.3 Å². The van der Waals surface area contributed by atoms with Crippen LogP contribution in [0.4, 0.5) is 0 Å². The molecule has 3 heterocycles. The van der Waals surface area contributed by atoms with E-state index in [-0.39, 0.29) is 0 Å². The molecule has 4 atom stereocenters. The quantitative estimate of drug-likeness (QED) is 0.691. The molecule has 3 saturated heterocycles. The van der Waals surface area contributed by atoms with Gasteiger partial charge in [0.25, 0.3) is 0 Å². The smallest absolute Gasteiger partial charge is 0.208 e. The molecule has 0 saturated carbocycles. The molecule has 0 aliphatic carbocycles. The Labute approximate surface area is 122 Å². The zero-order valence-corrected chi connectivity index (χ0v) is 13.2. The molecule has 114 valence electrons. The zero-order valence-electron chi connectivity index (χ0n) is 12.4. The highest BCUT2D eigenvalue weighted by Crippen LogP contribution is 2.36. The third kappa shape index (κ3) is 4.19. The Bertz CT molecular complexity index is 471. The maximum absolute atomic E-state index is 11.2. The van der Waals surface area contributed by atoms with Gasteiger partial charge in [0.2, 0.25) is 10.0 Å². The summed E-state index contributed by atoms with van der Waals surface area (Å²) in [5, 5.41) is 0. The lowest BCUT2D eigenvalue weighted by molar-refractivity contribution is -0.00622. The number of hydrogen-bond donors (Lipinski definition) is 1. The van der Waals surface area contributed by atoms with Crippen LogP contribution in [0.5, 0.6) is 0 Å². The number of piperidine rings is 3. The van der Waals surface area contributed by atoms with E-state index in [0.29, 0.717) is 31.0 Å². The molecule has 3 rings (SSSR count). The van der Waals surface area contributed by atoms with Gasteiger partial charge in [0.05, 0.1) is 12.8 Å². The van der Waals surface area contributed by atoms with Crippen LogP contribution in [0, 0.1) is 24.2 Å². The summed E-state index contributed by atoms with van der Waals surface area (Å²) in [5.41, 5.74) is 0. The standard InChI is InChI=1S/C14H25N3O2S/c1-4-6-16(2)10-13-11-17-7-5-12(13)8-14(17)9-15-20(3,18)19/h1,12-15H,5-11H2,2-3H3/t12-,13-,14+/m0/s1. The molecule has 0 aromatic rings. The van der Waals surface area contributed by atoms with Crippen LogP contribution in [-0.4, -0.2) is 70.3 Å². The fourth-order valence-electron chi connectivity index (χ4n) is 3.54. The van der Waals surface area contributed by atoms with Crippen LogP contribution in [0.25, 0.3) is 0 Å². The van der Waals surface area contributed by atoms with Crippen molar-refractivity contribution in [2.45, 2.75) is 18.9 Å².